The van der Waals surface area contributed by atoms with E-state index in [0.29, 0.717) is 18.4 Å². The molecule has 3 rings (SSSR count). The van der Waals surface area contributed by atoms with Gasteiger partial charge < -0.3 is 10.6 Å². The van der Waals surface area contributed by atoms with Gasteiger partial charge in [-0.25, -0.2) is 0 Å². The number of halogens is 2. The lowest BCUT2D eigenvalue weighted by atomic mass is 9.94. The molecule has 0 bridgehead atoms. The van der Waals surface area contributed by atoms with Gasteiger partial charge in [-0.2, -0.15) is 0 Å². The maximum absolute atomic E-state index is 12.8. The summed E-state index contributed by atoms with van der Waals surface area (Å²) in [5.74, 6) is 1.05. The van der Waals surface area contributed by atoms with Gasteiger partial charge in [0, 0.05) is 38.1 Å². The largest absolute Gasteiger partial charge is 0.341 e. The van der Waals surface area contributed by atoms with Gasteiger partial charge in [-0.1, -0.05) is 19.3 Å². The Kier molecular flexibility index (Phi) is 9.20. The Balaban J connectivity index is 0.00000132. The summed E-state index contributed by atoms with van der Waals surface area (Å²) in [6, 6.07) is 0.795. The monoisotopic (exact) mass is 365 g/mol. The predicted octanol–water partition coefficient (Wildman–Crippen LogP) is 2.68. The molecular formula is C17H33Cl2N3O. The maximum Gasteiger partial charge on any atom is 0.226 e. The van der Waals surface area contributed by atoms with Crippen LogP contribution in [0.5, 0.6) is 0 Å². The Labute approximate surface area is 153 Å². The van der Waals surface area contributed by atoms with Crippen LogP contribution in [0.15, 0.2) is 0 Å². The molecule has 2 saturated carbocycles. The van der Waals surface area contributed by atoms with Gasteiger partial charge in [-0.15, -0.1) is 24.8 Å². The SMILES string of the molecule is Cl.Cl.NC[C@H]1CCC[C@H]1C(=O)N1CCCN(C2CCCC2)CC1. The van der Waals surface area contributed by atoms with Crippen molar-refractivity contribution in [3.05, 3.63) is 0 Å². The topological polar surface area (TPSA) is 49.6 Å². The molecule has 4 nitrogen and oxygen atoms in total. The predicted molar refractivity (Wildman–Crippen MR) is 99.4 cm³/mol. The zero-order valence-electron chi connectivity index (χ0n) is 14.1. The van der Waals surface area contributed by atoms with E-state index in [2.05, 4.69) is 9.80 Å². The highest BCUT2D eigenvalue weighted by Gasteiger charge is 2.35. The normalized spacial score (nSPS) is 29.7. The third kappa shape index (κ3) is 4.97. The van der Waals surface area contributed by atoms with Crippen molar-refractivity contribution in [3.63, 3.8) is 0 Å². The molecule has 3 fully saturated rings. The van der Waals surface area contributed by atoms with E-state index in [1.54, 1.807) is 0 Å². The fourth-order valence-corrected chi connectivity index (χ4v) is 4.67. The number of hydrogen-bond donors (Lipinski definition) is 1. The maximum atomic E-state index is 12.8. The first-order valence-electron chi connectivity index (χ1n) is 9.02. The average Bonchev–Trinajstić information content (AvgIpc) is 3.14. The van der Waals surface area contributed by atoms with Crippen molar-refractivity contribution in [1.82, 2.24) is 9.80 Å². The molecule has 23 heavy (non-hydrogen) atoms. The van der Waals surface area contributed by atoms with Crippen LogP contribution in [0.3, 0.4) is 0 Å². The van der Waals surface area contributed by atoms with Crippen molar-refractivity contribution in [2.24, 2.45) is 17.6 Å². The molecule has 2 atom stereocenters. The third-order valence-electron chi connectivity index (χ3n) is 5.96. The quantitative estimate of drug-likeness (QED) is 0.836. The van der Waals surface area contributed by atoms with Crippen LogP contribution < -0.4 is 5.73 Å². The molecule has 1 aliphatic heterocycles. The summed E-state index contributed by atoms with van der Waals surface area (Å²) in [5, 5.41) is 0. The minimum absolute atomic E-state index is 0. The first kappa shape index (κ1) is 21.0. The zero-order chi connectivity index (χ0) is 14.7. The smallest absolute Gasteiger partial charge is 0.226 e. The lowest BCUT2D eigenvalue weighted by Gasteiger charge is -2.29. The Hall–Kier alpha value is -0.0300. The van der Waals surface area contributed by atoms with Crippen LogP contribution in [0.1, 0.15) is 51.4 Å². The molecule has 3 aliphatic rings. The highest BCUT2D eigenvalue weighted by molar-refractivity contribution is 5.85. The van der Waals surface area contributed by atoms with Crippen LogP contribution >= 0.6 is 24.8 Å². The van der Waals surface area contributed by atoms with E-state index in [9.17, 15) is 4.79 Å². The zero-order valence-corrected chi connectivity index (χ0v) is 15.8. The minimum atomic E-state index is 0. The first-order chi connectivity index (χ1) is 10.3. The van der Waals surface area contributed by atoms with Gasteiger partial charge in [0.15, 0.2) is 0 Å². The molecule has 136 valence electrons. The summed E-state index contributed by atoms with van der Waals surface area (Å²) in [6.45, 7) is 4.83. The molecule has 0 aromatic rings. The van der Waals surface area contributed by atoms with Gasteiger partial charge in [0.05, 0.1) is 0 Å². The molecule has 6 heteroatoms. The number of carbonyl (C=O) groups is 1. The molecule has 0 aromatic heterocycles. The second kappa shape index (κ2) is 10.1. The number of nitrogens with zero attached hydrogens (tertiary/aromatic N) is 2. The van der Waals surface area contributed by atoms with Crippen LogP contribution in [0.2, 0.25) is 0 Å². The number of hydrogen-bond acceptors (Lipinski definition) is 3. The van der Waals surface area contributed by atoms with E-state index in [1.165, 1.54) is 38.6 Å². The summed E-state index contributed by atoms with van der Waals surface area (Å²) in [6.07, 6.45) is 10.0. The lowest BCUT2D eigenvalue weighted by molar-refractivity contribution is -0.136. The summed E-state index contributed by atoms with van der Waals surface area (Å²) < 4.78 is 0. The fraction of sp³-hybridized carbons (Fsp3) is 0.941. The van der Waals surface area contributed by atoms with Crippen molar-refractivity contribution in [2.45, 2.75) is 57.4 Å². The Bertz CT molecular complexity index is 364. The molecule has 1 amide bonds. The average molecular weight is 366 g/mol. The van der Waals surface area contributed by atoms with E-state index >= 15 is 0 Å². The fourth-order valence-electron chi connectivity index (χ4n) is 4.67. The highest BCUT2D eigenvalue weighted by atomic mass is 35.5. The number of nitrogens with two attached hydrogens (primary N) is 1. The number of amides is 1. The van der Waals surface area contributed by atoms with E-state index < -0.39 is 0 Å². The summed E-state index contributed by atoms with van der Waals surface area (Å²) in [7, 11) is 0. The molecule has 0 unspecified atom stereocenters. The van der Waals surface area contributed by atoms with Gasteiger partial charge in [-0.3, -0.25) is 9.69 Å². The van der Waals surface area contributed by atoms with Gasteiger partial charge in [-0.05, 0) is 44.6 Å². The van der Waals surface area contributed by atoms with Crippen LogP contribution in [0.4, 0.5) is 0 Å². The van der Waals surface area contributed by atoms with E-state index in [1.807, 2.05) is 0 Å². The van der Waals surface area contributed by atoms with Gasteiger partial charge in [0.2, 0.25) is 5.91 Å². The van der Waals surface area contributed by atoms with Crippen molar-refractivity contribution in [2.75, 3.05) is 32.7 Å². The molecule has 0 radical (unpaired) electrons. The lowest BCUT2D eigenvalue weighted by Crippen LogP contribution is -2.42. The second-order valence-electron chi connectivity index (χ2n) is 7.19. The molecule has 2 aliphatic carbocycles. The van der Waals surface area contributed by atoms with Crippen molar-refractivity contribution in [1.29, 1.82) is 0 Å². The Morgan fingerprint density at radius 2 is 1.61 bits per heavy atom. The van der Waals surface area contributed by atoms with Crippen molar-refractivity contribution in [3.8, 4) is 0 Å². The molecular weight excluding hydrogens is 333 g/mol. The summed E-state index contributed by atoms with van der Waals surface area (Å²) in [4.78, 5) is 17.6. The summed E-state index contributed by atoms with van der Waals surface area (Å²) in [5.41, 5.74) is 5.85. The van der Waals surface area contributed by atoms with Crippen LogP contribution in [0, 0.1) is 11.8 Å². The molecule has 0 aromatic carbocycles. The minimum Gasteiger partial charge on any atom is -0.341 e. The standard InChI is InChI=1S/C17H31N3O.2ClH/c18-13-14-5-3-8-16(14)17(21)20-10-4-9-19(11-12-20)15-6-1-2-7-15;;/h14-16H,1-13,18H2;2*1H/t14-,16-;;/m1../s1. The van der Waals surface area contributed by atoms with Crippen LogP contribution in [0.25, 0.3) is 0 Å². The highest BCUT2D eigenvalue weighted by Crippen LogP contribution is 2.33. The third-order valence-corrected chi connectivity index (χ3v) is 5.96. The van der Waals surface area contributed by atoms with Crippen LogP contribution in [-0.4, -0.2) is 54.5 Å². The second-order valence-corrected chi connectivity index (χ2v) is 7.19. The van der Waals surface area contributed by atoms with Gasteiger partial charge in [0.1, 0.15) is 0 Å². The van der Waals surface area contributed by atoms with Gasteiger partial charge in [0.25, 0.3) is 0 Å². The summed E-state index contributed by atoms with van der Waals surface area (Å²) >= 11 is 0. The molecule has 2 N–H and O–H groups in total. The van der Waals surface area contributed by atoms with Gasteiger partial charge >= 0.3 is 0 Å². The van der Waals surface area contributed by atoms with Crippen LogP contribution in [-0.2, 0) is 4.79 Å². The van der Waals surface area contributed by atoms with E-state index in [-0.39, 0.29) is 30.7 Å². The van der Waals surface area contributed by atoms with E-state index in [4.69, 9.17) is 5.73 Å². The molecule has 0 spiro atoms. The van der Waals surface area contributed by atoms with Crippen molar-refractivity contribution < 1.29 is 4.79 Å². The molecule has 1 saturated heterocycles. The first-order valence-corrected chi connectivity index (χ1v) is 9.02. The number of rotatable bonds is 3. The Morgan fingerprint density at radius 3 is 2.30 bits per heavy atom. The Morgan fingerprint density at radius 1 is 0.870 bits per heavy atom. The van der Waals surface area contributed by atoms with E-state index in [0.717, 1.165) is 44.9 Å². The molecule has 1 heterocycles. The van der Waals surface area contributed by atoms with Crippen molar-refractivity contribution >= 4 is 30.7 Å². The number of carbonyl (C=O) groups excluding carboxylic acids is 1.